The standard InChI is InChI=1S/C18H18O/c19-13-12-17(14-6-2-1-3-7-14)18-11-10-15-8-4-5-9-16(15)18/h1-9,13,17-18H,10-12H2. The van der Waals surface area contributed by atoms with Gasteiger partial charge in [0, 0.05) is 6.42 Å². The minimum atomic E-state index is 0.322. The summed E-state index contributed by atoms with van der Waals surface area (Å²) in [6, 6.07) is 19.1. The second-order valence-electron chi connectivity index (χ2n) is 5.26. The van der Waals surface area contributed by atoms with Crippen LogP contribution in [-0.2, 0) is 11.2 Å². The van der Waals surface area contributed by atoms with E-state index in [-0.39, 0.29) is 0 Å². The van der Waals surface area contributed by atoms with Crippen molar-refractivity contribution in [3.63, 3.8) is 0 Å². The Morgan fingerprint density at radius 1 is 1.05 bits per heavy atom. The molecule has 2 unspecified atom stereocenters. The molecule has 3 rings (SSSR count). The molecule has 19 heavy (non-hydrogen) atoms. The Hall–Kier alpha value is -1.89. The molecule has 0 saturated carbocycles. The zero-order valence-electron chi connectivity index (χ0n) is 11.0. The molecular weight excluding hydrogens is 232 g/mol. The Kier molecular flexibility index (Phi) is 3.45. The number of carbonyl (C=O) groups is 1. The van der Waals surface area contributed by atoms with E-state index in [1.165, 1.54) is 16.7 Å². The van der Waals surface area contributed by atoms with Crippen LogP contribution in [-0.4, -0.2) is 6.29 Å². The maximum Gasteiger partial charge on any atom is 0.120 e. The summed E-state index contributed by atoms with van der Waals surface area (Å²) in [6.07, 6.45) is 3.98. The molecule has 1 nitrogen and oxygen atoms in total. The average molecular weight is 250 g/mol. The largest absolute Gasteiger partial charge is 0.303 e. The predicted molar refractivity (Wildman–Crippen MR) is 77.4 cm³/mol. The third-order valence-electron chi connectivity index (χ3n) is 4.24. The first-order valence-corrected chi connectivity index (χ1v) is 6.96. The highest BCUT2D eigenvalue weighted by atomic mass is 16.1. The molecule has 2 aromatic rings. The zero-order valence-corrected chi connectivity index (χ0v) is 11.0. The Labute approximate surface area is 114 Å². The minimum absolute atomic E-state index is 0.322. The monoisotopic (exact) mass is 250 g/mol. The van der Waals surface area contributed by atoms with Crippen LogP contribution in [0.1, 0.15) is 41.4 Å². The normalized spacial score (nSPS) is 18.8. The number of carbonyl (C=O) groups excluding carboxylic acids is 1. The third kappa shape index (κ3) is 2.33. The van der Waals surface area contributed by atoms with Gasteiger partial charge in [-0.1, -0.05) is 54.6 Å². The van der Waals surface area contributed by atoms with Crippen molar-refractivity contribution in [1.82, 2.24) is 0 Å². The van der Waals surface area contributed by atoms with Gasteiger partial charge in [0.2, 0.25) is 0 Å². The van der Waals surface area contributed by atoms with Gasteiger partial charge >= 0.3 is 0 Å². The number of hydrogen-bond donors (Lipinski definition) is 0. The smallest absolute Gasteiger partial charge is 0.120 e. The van der Waals surface area contributed by atoms with Crippen molar-refractivity contribution < 1.29 is 4.79 Å². The summed E-state index contributed by atoms with van der Waals surface area (Å²) >= 11 is 0. The lowest BCUT2D eigenvalue weighted by atomic mass is 9.80. The van der Waals surface area contributed by atoms with Crippen molar-refractivity contribution in [3.8, 4) is 0 Å². The van der Waals surface area contributed by atoms with E-state index in [0.29, 0.717) is 18.3 Å². The first-order valence-electron chi connectivity index (χ1n) is 6.96. The van der Waals surface area contributed by atoms with Crippen LogP contribution in [0, 0.1) is 0 Å². The van der Waals surface area contributed by atoms with E-state index >= 15 is 0 Å². The van der Waals surface area contributed by atoms with Crippen molar-refractivity contribution in [2.75, 3.05) is 0 Å². The summed E-state index contributed by atoms with van der Waals surface area (Å²) < 4.78 is 0. The lowest BCUT2D eigenvalue weighted by Gasteiger charge is -2.23. The van der Waals surface area contributed by atoms with Crippen molar-refractivity contribution in [3.05, 3.63) is 71.3 Å². The molecule has 1 aliphatic rings. The van der Waals surface area contributed by atoms with Gasteiger partial charge in [-0.2, -0.15) is 0 Å². The fourth-order valence-electron chi connectivity index (χ4n) is 3.34. The molecule has 0 amide bonds. The van der Waals surface area contributed by atoms with Gasteiger partial charge < -0.3 is 4.79 Å². The Morgan fingerprint density at radius 3 is 2.58 bits per heavy atom. The lowest BCUT2D eigenvalue weighted by molar-refractivity contribution is -0.108. The van der Waals surface area contributed by atoms with E-state index in [9.17, 15) is 4.79 Å². The van der Waals surface area contributed by atoms with Crippen LogP contribution in [0.2, 0.25) is 0 Å². The van der Waals surface area contributed by atoms with Crippen molar-refractivity contribution in [1.29, 1.82) is 0 Å². The van der Waals surface area contributed by atoms with Crippen LogP contribution in [0.25, 0.3) is 0 Å². The lowest BCUT2D eigenvalue weighted by Crippen LogP contribution is -2.09. The minimum Gasteiger partial charge on any atom is -0.303 e. The molecule has 1 heteroatoms. The molecule has 0 heterocycles. The molecule has 0 aromatic heterocycles. The molecule has 0 radical (unpaired) electrons. The summed E-state index contributed by atoms with van der Waals surface area (Å²) in [5, 5.41) is 0. The molecule has 0 saturated heterocycles. The summed E-state index contributed by atoms with van der Waals surface area (Å²) in [7, 11) is 0. The number of benzene rings is 2. The Bertz CT molecular complexity index is 559. The van der Waals surface area contributed by atoms with Crippen LogP contribution in [0.5, 0.6) is 0 Å². The summed E-state index contributed by atoms with van der Waals surface area (Å²) in [5.41, 5.74) is 4.19. The molecular formula is C18H18O. The molecule has 96 valence electrons. The van der Waals surface area contributed by atoms with Gasteiger partial charge in [-0.05, 0) is 41.4 Å². The first kappa shape index (κ1) is 12.2. The van der Waals surface area contributed by atoms with Gasteiger partial charge in [0.1, 0.15) is 6.29 Å². The molecule has 2 aromatic carbocycles. The highest BCUT2D eigenvalue weighted by Gasteiger charge is 2.30. The number of aldehydes is 1. The van der Waals surface area contributed by atoms with Crippen LogP contribution in [0.4, 0.5) is 0 Å². The quantitative estimate of drug-likeness (QED) is 0.747. The van der Waals surface area contributed by atoms with Crippen LogP contribution in [0.3, 0.4) is 0 Å². The summed E-state index contributed by atoms with van der Waals surface area (Å²) in [6.45, 7) is 0. The molecule has 0 aliphatic heterocycles. The molecule has 2 atom stereocenters. The van der Waals surface area contributed by atoms with E-state index in [4.69, 9.17) is 0 Å². The van der Waals surface area contributed by atoms with E-state index in [1.807, 2.05) is 6.07 Å². The number of rotatable bonds is 4. The van der Waals surface area contributed by atoms with Gasteiger partial charge in [0.05, 0.1) is 0 Å². The van der Waals surface area contributed by atoms with Crippen LogP contribution >= 0.6 is 0 Å². The highest BCUT2D eigenvalue weighted by molar-refractivity contribution is 5.53. The average Bonchev–Trinajstić information content (AvgIpc) is 2.89. The maximum absolute atomic E-state index is 11.1. The Balaban J connectivity index is 1.96. The number of fused-ring (bicyclic) bond motifs is 1. The van der Waals surface area contributed by atoms with Gasteiger partial charge in [-0.3, -0.25) is 0 Å². The van der Waals surface area contributed by atoms with Crippen LogP contribution < -0.4 is 0 Å². The van der Waals surface area contributed by atoms with Gasteiger partial charge in [-0.15, -0.1) is 0 Å². The summed E-state index contributed by atoms with van der Waals surface area (Å²) in [4.78, 5) is 11.1. The second kappa shape index (κ2) is 5.40. The van der Waals surface area contributed by atoms with Gasteiger partial charge in [0.25, 0.3) is 0 Å². The van der Waals surface area contributed by atoms with E-state index in [0.717, 1.165) is 19.1 Å². The zero-order chi connectivity index (χ0) is 13.1. The topological polar surface area (TPSA) is 17.1 Å². The summed E-state index contributed by atoms with van der Waals surface area (Å²) in [5.74, 6) is 0.811. The SMILES string of the molecule is O=CCC(c1ccccc1)C1CCc2ccccc21. The van der Waals surface area contributed by atoms with Crippen LogP contribution in [0.15, 0.2) is 54.6 Å². The third-order valence-corrected chi connectivity index (χ3v) is 4.24. The first-order chi connectivity index (χ1) is 9.40. The van der Waals surface area contributed by atoms with Gasteiger partial charge in [-0.25, -0.2) is 0 Å². The fourth-order valence-corrected chi connectivity index (χ4v) is 3.34. The second-order valence-corrected chi connectivity index (χ2v) is 5.26. The molecule has 0 fully saturated rings. The van der Waals surface area contributed by atoms with Crippen molar-refractivity contribution in [2.45, 2.75) is 31.1 Å². The molecule has 0 spiro atoms. The molecule has 0 N–H and O–H groups in total. The molecule has 0 bridgehead atoms. The van der Waals surface area contributed by atoms with Crippen molar-refractivity contribution in [2.24, 2.45) is 0 Å². The van der Waals surface area contributed by atoms with E-state index in [1.54, 1.807) is 0 Å². The van der Waals surface area contributed by atoms with Crippen molar-refractivity contribution >= 4 is 6.29 Å². The predicted octanol–water partition coefficient (Wildman–Crippen LogP) is 4.09. The number of hydrogen-bond acceptors (Lipinski definition) is 1. The van der Waals surface area contributed by atoms with E-state index < -0.39 is 0 Å². The van der Waals surface area contributed by atoms with E-state index in [2.05, 4.69) is 48.5 Å². The van der Waals surface area contributed by atoms with Gasteiger partial charge in [0.15, 0.2) is 0 Å². The fraction of sp³-hybridized carbons (Fsp3) is 0.278. The Morgan fingerprint density at radius 2 is 1.79 bits per heavy atom. The highest BCUT2D eigenvalue weighted by Crippen LogP contribution is 2.44. The maximum atomic E-state index is 11.1. The molecule has 1 aliphatic carbocycles. The number of aryl methyl sites for hydroxylation is 1.